The fourth-order valence-corrected chi connectivity index (χ4v) is 4.57. The molecule has 6 heteroatoms. The third kappa shape index (κ3) is 3.76. The summed E-state index contributed by atoms with van der Waals surface area (Å²) in [6.07, 6.45) is 5.74. The van der Waals surface area contributed by atoms with Crippen LogP contribution >= 0.6 is 11.3 Å². The zero-order chi connectivity index (χ0) is 19.6. The SMILES string of the molecule is O=C(c1ccc(-n2cccc2)cc1)N1CCC(Oc2nc3ccccc3s2)CC1. The molecule has 146 valence electrons. The highest BCUT2D eigenvalue weighted by Crippen LogP contribution is 2.29. The molecule has 0 saturated carbocycles. The van der Waals surface area contributed by atoms with Crippen molar-refractivity contribution < 1.29 is 9.53 Å². The normalized spacial score (nSPS) is 15.0. The van der Waals surface area contributed by atoms with Crippen LogP contribution in [0, 0.1) is 0 Å². The van der Waals surface area contributed by atoms with Gasteiger partial charge in [-0.3, -0.25) is 4.79 Å². The molecule has 0 bridgehead atoms. The van der Waals surface area contributed by atoms with Crippen LogP contribution in [0.4, 0.5) is 0 Å². The van der Waals surface area contributed by atoms with E-state index in [1.165, 1.54) is 0 Å². The standard InChI is InChI=1S/C23H21N3O2S/c27-22(17-7-9-18(10-8-17)25-13-3-4-14-25)26-15-11-19(12-16-26)28-23-24-20-5-1-2-6-21(20)29-23/h1-10,13-14,19H,11-12,15-16H2. The minimum atomic E-state index is 0.0856. The number of aromatic nitrogens is 2. The summed E-state index contributed by atoms with van der Waals surface area (Å²) in [4.78, 5) is 19.3. The average Bonchev–Trinajstić information content (AvgIpc) is 3.43. The van der Waals surface area contributed by atoms with Gasteiger partial charge in [-0.25, -0.2) is 4.98 Å². The molecule has 3 heterocycles. The summed E-state index contributed by atoms with van der Waals surface area (Å²) in [7, 11) is 0. The van der Waals surface area contributed by atoms with Crippen molar-refractivity contribution in [3.8, 4) is 10.9 Å². The topological polar surface area (TPSA) is 47.4 Å². The number of amides is 1. The Kier molecular flexibility index (Phi) is 4.77. The number of hydrogen-bond acceptors (Lipinski definition) is 4. The van der Waals surface area contributed by atoms with Crippen LogP contribution in [0.3, 0.4) is 0 Å². The van der Waals surface area contributed by atoms with E-state index < -0.39 is 0 Å². The van der Waals surface area contributed by atoms with E-state index in [9.17, 15) is 4.79 Å². The average molecular weight is 404 g/mol. The van der Waals surface area contributed by atoms with Crippen molar-refractivity contribution in [3.05, 3.63) is 78.6 Å². The van der Waals surface area contributed by atoms with Crippen molar-refractivity contribution in [2.24, 2.45) is 0 Å². The molecule has 2 aromatic heterocycles. The van der Waals surface area contributed by atoms with Crippen LogP contribution < -0.4 is 4.74 Å². The monoisotopic (exact) mass is 403 g/mol. The number of likely N-dealkylation sites (tertiary alicyclic amines) is 1. The van der Waals surface area contributed by atoms with Crippen LogP contribution in [-0.4, -0.2) is 39.6 Å². The molecule has 29 heavy (non-hydrogen) atoms. The van der Waals surface area contributed by atoms with Gasteiger partial charge in [0.1, 0.15) is 6.10 Å². The Morgan fingerprint density at radius 1 is 0.966 bits per heavy atom. The molecule has 1 fully saturated rings. The van der Waals surface area contributed by atoms with Crippen molar-refractivity contribution in [2.75, 3.05) is 13.1 Å². The lowest BCUT2D eigenvalue weighted by molar-refractivity contribution is 0.0595. The van der Waals surface area contributed by atoms with Gasteiger partial charge in [0.05, 0.1) is 10.2 Å². The van der Waals surface area contributed by atoms with Gasteiger partial charge >= 0.3 is 0 Å². The Labute approximate surface area is 173 Å². The van der Waals surface area contributed by atoms with Gasteiger partial charge in [0, 0.05) is 49.6 Å². The van der Waals surface area contributed by atoms with Gasteiger partial charge < -0.3 is 14.2 Å². The number of ether oxygens (including phenoxy) is 1. The summed E-state index contributed by atoms with van der Waals surface area (Å²) in [6, 6.07) is 19.8. The molecule has 0 spiro atoms. The third-order valence-electron chi connectivity index (χ3n) is 5.29. The van der Waals surface area contributed by atoms with E-state index in [0.29, 0.717) is 13.1 Å². The fraction of sp³-hybridized carbons (Fsp3) is 0.217. The summed E-state index contributed by atoms with van der Waals surface area (Å²) < 4.78 is 9.26. The van der Waals surface area contributed by atoms with E-state index in [0.717, 1.165) is 39.5 Å². The van der Waals surface area contributed by atoms with Gasteiger partial charge in [-0.15, -0.1) is 0 Å². The molecule has 5 nitrogen and oxygen atoms in total. The predicted octanol–water partition coefficient (Wildman–Crippen LogP) is 4.77. The lowest BCUT2D eigenvalue weighted by atomic mass is 10.1. The van der Waals surface area contributed by atoms with Crippen molar-refractivity contribution in [3.63, 3.8) is 0 Å². The number of para-hydroxylation sites is 1. The van der Waals surface area contributed by atoms with Crippen molar-refractivity contribution in [1.29, 1.82) is 0 Å². The Hall–Kier alpha value is -3.12. The van der Waals surface area contributed by atoms with Gasteiger partial charge in [-0.05, 0) is 48.5 Å². The minimum absolute atomic E-state index is 0.0856. The summed E-state index contributed by atoms with van der Waals surface area (Å²) >= 11 is 1.58. The molecule has 1 amide bonds. The molecular formula is C23H21N3O2S. The molecule has 1 aliphatic rings. The van der Waals surface area contributed by atoms with Crippen LogP contribution in [0.1, 0.15) is 23.2 Å². The van der Waals surface area contributed by atoms with Gasteiger partial charge in [-0.2, -0.15) is 0 Å². The quantitative estimate of drug-likeness (QED) is 0.493. The summed E-state index contributed by atoms with van der Waals surface area (Å²) in [6.45, 7) is 1.40. The Morgan fingerprint density at radius 2 is 1.69 bits per heavy atom. The molecule has 0 aliphatic carbocycles. The number of fused-ring (bicyclic) bond motifs is 1. The van der Waals surface area contributed by atoms with Crippen LogP contribution in [0.2, 0.25) is 0 Å². The first-order valence-electron chi connectivity index (χ1n) is 9.81. The number of thiazole rings is 1. The number of carbonyl (C=O) groups excluding carboxylic acids is 1. The molecule has 5 rings (SSSR count). The first-order chi connectivity index (χ1) is 14.3. The largest absolute Gasteiger partial charge is 0.467 e. The van der Waals surface area contributed by atoms with Crippen molar-refractivity contribution >= 4 is 27.5 Å². The zero-order valence-corrected chi connectivity index (χ0v) is 16.7. The molecule has 0 radical (unpaired) electrons. The minimum Gasteiger partial charge on any atom is -0.467 e. The highest BCUT2D eigenvalue weighted by molar-refractivity contribution is 7.20. The molecule has 1 aliphatic heterocycles. The van der Waals surface area contributed by atoms with Crippen LogP contribution in [0.15, 0.2) is 73.1 Å². The summed E-state index contributed by atoms with van der Waals surface area (Å²) in [5.74, 6) is 0.0856. The third-order valence-corrected chi connectivity index (χ3v) is 6.22. The van der Waals surface area contributed by atoms with E-state index in [2.05, 4.69) is 11.1 Å². The number of hydrogen-bond donors (Lipinski definition) is 0. The van der Waals surface area contributed by atoms with Crippen LogP contribution in [-0.2, 0) is 0 Å². The van der Waals surface area contributed by atoms with Gasteiger partial charge in [0.2, 0.25) is 0 Å². The molecule has 0 unspecified atom stereocenters. The second-order valence-electron chi connectivity index (χ2n) is 7.19. The fourth-order valence-electron chi connectivity index (χ4n) is 3.69. The maximum atomic E-state index is 12.8. The van der Waals surface area contributed by atoms with Crippen molar-refractivity contribution in [2.45, 2.75) is 18.9 Å². The molecular weight excluding hydrogens is 382 g/mol. The molecule has 0 atom stereocenters. The van der Waals surface area contributed by atoms with E-state index in [1.807, 2.05) is 76.5 Å². The highest BCUT2D eigenvalue weighted by Gasteiger charge is 2.25. The molecule has 2 aromatic carbocycles. The summed E-state index contributed by atoms with van der Waals surface area (Å²) in [5.41, 5.74) is 2.75. The molecule has 1 saturated heterocycles. The maximum Gasteiger partial charge on any atom is 0.274 e. The second-order valence-corrected chi connectivity index (χ2v) is 8.19. The first-order valence-corrected chi connectivity index (χ1v) is 10.6. The molecule has 0 N–H and O–H groups in total. The Morgan fingerprint density at radius 3 is 2.41 bits per heavy atom. The van der Waals surface area contributed by atoms with Gasteiger partial charge in [-0.1, -0.05) is 23.5 Å². The Balaban J connectivity index is 1.19. The number of rotatable bonds is 4. The van der Waals surface area contributed by atoms with E-state index in [4.69, 9.17) is 4.74 Å². The number of carbonyl (C=O) groups is 1. The number of nitrogens with zero attached hydrogens (tertiary/aromatic N) is 3. The van der Waals surface area contributed by atoms with Crippen LogP contribution in [0.25, 0.3) is 15.9 Å². The predicted molar refractivity (Wildman–Crippen MR) is 115 cm³/mol. The lowest BCUT2D eigenvalue weighted by Gasteiger charge is -2.31. The number of benzene rings is 2. The highest BCUT2D eigenvalue weighted by atomic mass is 32.1. The first kappa shape index (κ1) is 17.9. The zero-order valence-electron chi connectivity index (χ0n) is 15.9. The van der Waals surface area contributed by atoms with E-state index in [-0.39, 0.29) is 12.0 Å². The molecule has 4 aromatic rings. The van der Waals surface area contributed by atoms with E-state index in [1.54, 1.807) is 11.3 Å². The summed E-state index contributed by atoms with van der Waals surface area (Å²) in [5, 5.41) is 0.719. The van der Waals surface area contributed by atoms with Gasteiger partial charge in [0.25, 0.3) is 11.1 Å². The Bertz CT molecular complexity index is 1080. The lowest BCUT2D eigenvalue weighted by Crippen LogP contribution is -2.41. The maximum absolute atomic E-state index is 12.8. The van der Waals surface area contributed by atoms with Crippen molar-refractivity contribution in [1.82, 2.24) is 14.5 Å². The van der Waals surface area contributed by atoms with E-state index >= 15 is 0 Å². The number of piperidine rings is 1. The van der Waals surface area contributed by atoms with Gasteiger partial charge in [0.15, 0.2) is 0 Å². The second kappa shape index (κ2) is 7.72. The van der Waals surface area contributed by atoms with Crippen LogP contribution in [0.5, 0.6) is 5.19 Å². The smallest absolute Gasteiger partial charge is 0.274 e.